The second kappa shape index (κ2) is 28.5. The first-order chi connectivity index (χ1) is 17.6. The zero-order chi connectivity index (χ0) is 26.5. The maximum atomic E-state index is 11.8. The SMILES string of the molecule is CCCCCCCCCCCCCC(=O)OCC(O)COC(=O)CCCCCCCCCCCCC. The summed E-state index contributed by atoms with van der Waals surface area (Å²) in [6.45, 7) is 4.28. The van der Waals surface area contributed by atoms with Crippen LogP contribution in [0, 0.1) is 0 Å². The zero-order valence-corrected chi connectivity index (χ0v) is 24.0. The van der Waals surface area contributed by atoms with Crippen molar-refractivity contribution in [3.05, 3.63) is 0 Å². The summed E-state index contributed by atoms with van der Waals surface area (Å²) in [6, 6.07) is 0. The van der Waals surface area contributed by atoms with E-state index in [2.05, 4.69) is 13.8 Å². The van der Waals surface area contributed by atoms with Gasteiger partial charge in [-0.15, -0.1) is 0 Å². The number of rotatable bonds is 28. The van der Waals surface area contributed by atoms with E-state index in [1.165, 1.54) is 116 Å². The molecule has 0 atom stereocenters. The van der Waals surface area contributed by atoms with Gasteiger partial charge in [-0.25, -0.2) is 0 Å². The first-order valence-electron chi connectivity index (χ1n) is 15.6. The van der Waals surface area contributed by atoms with E-state index in [0.29, 0.717) is 12.8 Å². The van der Waals surface area contributed by atoms with Gasteiger partial charge in [0.1, 0.15) is 19.3 Å². The van der Waals surface area contributed by atoms with Crippen molar-refractivity contribution in [3.63, 3.8) is 0 Å². The second-order valence-corrected chi connectivity index (χ2v) is 10.6. The topological polar surface area (TPSA) is 72.8 Å². The van der Waals surface area contributed by atoms with Crippen LogP contribution in [0.1, 0.15) is 168 Å². The van der Waals surface area contributed by atoms with E-state index < -0.39 is 6.10 Å². The molecule has 0 saturated carbocycles. The number of carbonyl (C=O) groups excluding carboxylic acids is 2. The van der Waals surface area contributed by atoms with E-state index >= 15 is 0 Å². The van der Waals surface area contributed by atoms with E-state index in [-0.39, 0.29) is 25.2 Å². The Bertz CT molecular complexity index is 438. The van der Waals surface area contributed by atoms with Crippen molar-refractivity contribution in [2.45, 2.75) is 174 Å². The summed E-state index contributed by atoms with van der Waals surface area (Å²) >= 11 is 0. The molecule has 0 aliphatic heterocycles. The molecule has 0 amide bonds. The number of aliphatic hydroxyl groups is 1. The van der Waals surface area contributed by atoms with E-state index in [9.17, 15) is 14.7 Å². The standard InChI is InChI=1S/C31H60O5/c1-3-5-7-9-11-13-15-17-19-21-23-25-30(33)35-27-29(32)28-36-31(34)26-24-22-20-18-16-14-12-10-8-6-4-2/h29,32H,3-28H2,1-2H3. The van der Waals surface area contributed by atoms with E-state index in [4.69, 9.17) is 9.47 Å². The van der Waals surface area contributed by atoms with Crippen LogP contribution in [0.25, 0.3) is 0 Å². The Kier molecular flexibility index (Phi) is 27.6. The van der Waals surface area contributed by atoms with Crippen LogP contribution in [-0.4, -0.2) is 36.4 Å². The van der Waals surface area contributed by atoms with Crippen molar-refractivity contribution in [1.29, 1.82) is 0 Å². The molecule has 1 N–H and O–H groups in total. The molecule has 0 rings (SSSR count). The van der Waals surface area contributed by atoms with Gasteiger partial charge in [0.15, 0.2) is 0 Å². The first kappa shape index (κ1) is 34.9. The Morgan fingerprint density at radius 2 is 0.722 bits per heavy atom. The molecule has 214 valence electrons. The fraction of sp³-hybridized carbons (Fsp3) is 0.935. The third-order valence-corrected chi connectivity index (χ3v) is 6.84. The predicted octanol–water partition coefficient (Wildman–Crippen LogP) is 8.84. The van der Waals surface area contributed by atoms with Gasteiger partial charge in [-0.3, -0.25) is 9.59 Å². The van der Waals surface area contributed by atoms with Crippen LogP contribution in [0.3, 0.4) is 0 Å². The van der Waals surface area contributed by atoms with Crippen molar-refractivity contribution < 1.29 is 24.2 Å². The van der Waals surface area contributed by atoms with Crippen LogP contribution in [0.4, 0.5) is 0 Å². The Morgan fingerprint density at radius 1 is 0.472 bits per heavy atom. The van der Waals surface area contributed by atoms with E-state index in [1.807, 2.05) is 0 Å². The van der Waals surface area contributed by atoms with Gasteiger partial charge in [0.05, 0.1) is 0 Å². The zero-order valence-electron chi connectivity index (χ0n) is 24.0. The van der Waals surface area contributed by atoms with Crippen LogP contribution >= 0.6 is 0 Å². The summed E-state index contributed by atoms with van der Waals surface area (Å²) < 4.78 is 10.2. The summed E-state index contributed by atoms with van der Waals surface area (Å²) in [7, 11) is 0. The lowest BCUT2D eigenvalue weighted by molar-refractivity contribution is -0.152. The number of ether oxygens (including phenoxy) is 2. The van der Waals surface area contributed by atoms with Crippen LogP contribution in [-0.2, 0) is 19.1 Å². The van der Waals surface area contributed by atoms with Gasteiger partial charge >= 0.3 is 11.9 Å². The fourth-order valence-corrected chi connectivity index (χ4v) is 4.44. The van der Waals surface area contributed by atoms with Crippen LogP contribution < -0.4 is 0 Å². The van der Waals surface area contributed by atoms with Crippen LogP contribution in [0.15, 0.2) is 0 Å². The van der Waals surface area contributed by atoms with Gasteiger partial charge in [0.25, 0.3) is 0 Å². The lowest BCUT2D eigenvalue weighted by Gasteiger charge is -2.12. The summed E-state index contributed by atoms with van der Waals surface area (Å²) in [6.07, 6.45) is 27.1. The van der Waals surface area contributed by atoms with Crippen molar-refractivity contribution in [3.8, 4) is 0 Å². The molecule has 0 aromatic carbocycles. The van der Waals surface area contributed by atoms with E-state index in [1.54, 1.807) is 0 Å². The monoisotopic (exact) mass is 512 g/mol. The Labute approximate surface area is 223 Å². The highest BCUT2D eigenvalue weighted by Crippen LogP contribution is 2.13. The number of hydrogen-bond acceptors (Lipinski definition) is 5. The van der Waals surface area contributed by atoms with Crippen LogP contribution in [0.2, 0.25) is 0 Å². The average molecular weight is 513 g/mol. The maximum Gasteiger partial charge on any atom is 0.305 e. The molecule has 36 heavy (non-hydrogen) atoms. The molecule has 0 aromatic rings. The summed E-state index contributed by atoms with van der Waals surface area (Å²) in [5, 5.41) is 9.91. The smallest absolute Gasteiger partial charge is 0.305 e. The Morgan fingerprint density at radius 3 is 1.00 bits per heavy atom. The summed E-state index contributed by atoms with van der Waals surface area (Å²) in [5.41, 5.74) is 0. The molecule has 0 radical (unpaired) electrons. The summed E-state index contributed by atoms with van der Waals surface area (Å²) in [4.78, 5) is 23.7. The number of carbonyl (C=O) groups is 2. The average Bonchev–Trinajstić information content (AvgIpc) is 2.88. The molecule has 0 fully saturated rings. The highest BCUT2D eigenvalue weighted by molar-refractivity contribution is 5.69. The molecule has 0 unspecified atom stereocenters. The molecule has 0 heterocycles. The maximum absolute atomic E-state index is 11.8. The predicted molar refractivity (Wildman–Crippen MR) is 150 cm³/mol. The quantitative estimate of drug-likeness (QED) is 0.0837. The largest absolute Gasteiger partial charge is 0.463 e. The Balaban J connectivity index is 3.42. The van der Waals surface area contributed by atoms with E-state index in [0.717, 1.165) is 25.7 Å². The molecule has 0 aliphatic carbocycles. The lowest BCUT2D eigenvalue weighted by atomic mass is 10.1. The molecule has 5 nitrogen and oxygen atoms in total. The number of hydrogen-bond donors (Lipinski definition) is 1. The van der Waals surface area contributed by atoms with Crippen molar-refractivity contribution in [1.82, 2.24) is 0 Å². The van der Waals surface area contributed by atoms with Gasteiger partial charge < -0.3 is 14.6 Å². The molecule has 0 spiro atoms. The third-order valence-electron chi connectivity index (χ3n) is 6.84. The minimum absolute atomic E-state index is 0.109. The van der Waals surface area contributed by atoms with Crippen molar-refractivity contribution >= 4 is 11.9 Å². The first-order valence-corrected chi connectivity index (χ1v) is 15.6. The molecule has 0 aliphatic rings. The number of aliphatic hydroxyl groups excluding tert-OH is 1. The van der Waals surface area contributed by atoms with Crippen molar-refractivity contribution in [2.75, 3.05) is 13.2 Å². The van der Waals surface area contributed by atoms with Gasteiger partial charge in [-0.2, -0.15) is 0 Å². The molecule has 0 bridgehead atoms. The summed E-state index contributed by atoms with van der Waals surface area (Å²) in [5.74, 6) is -0.561. The molecular formula is C31H60O5. The normalized spacial score (nSPS) is 11.2. The highest BCUT2D eigenvalue weighted by Gasteiger charge is 2.12. The molecular weight excluding hydrogens is 452 g/mol. The van der Waals surface area contributed by atoms with Gasteiger partial charge in [0.2, 0.25) is 0 Å². The van der Waals surface area contributed by atoms with Gasteiger partial charge in [0, 0.05) is 12.8 Å². The molecule has 5 heteroatoms. The van der Waals surface area contributed by atoms with Gasteiger partial charge in [-0.1, -0.05) is 142 Å². The second-order valence-electron chi connectivity index (χ2n) is 10.6. The minimum atomic E-state index is -0.951. The molecule has 0 aromatic heterocycles. The van der Waals surface area contributed by atoms with Gasteiger partial charge in [-0.05, 0) is 12.8 Å². The highest BCUT2D eigenvalue weighted by atomic mass is 16.6. The van der Waals surface area contributed by atoms with Crippen LogP contribution in [0.5, 0.6) is 0 Å². The number of esters is 2. The Hall–Kier alpha value is -1.10. The molecule has 0 saturated heterocycles. The minimum Gasteiger partial charge on any atom is -0.463 e. The fourth-order valence-electron chi connectivity index (χ4n) is 4.44. The lowest BCUT2D eigenvalue weighted by Crippen LogP contribution is -2.25. The third kappa shape index (κ3) is 27.5. The number of unbranched alkanes of at least 4 members (excludes halogenated alkanes) is 20. The van der Waals surface area contributed by atoms with Crippen molar-refractivity contribution in [2.24, 2.45) is 0 Å².